The van der Waals surface area contributed by atoms with Crippen LogP contribution in [0.4, 0.5) is 16.2 Å². The highest BCUT2D eigenvalue weighted by atomic mass is 35.5. The summed E-state index contributed by atoms with van der Waals surface area (Å²) in [7, 11) is 1.75. The average molecular weight is 311 g/mol. The lowest BCUT2D eigenvalue weighted by Gasteiger charge is -2.18. The van der Waals surface area contributed by atoms with Crippen LogP contribution in [0.1, 0.15) is 0 Å². The van der Waals surface area contributed by atoms with E-state index >= 15 is 0 Å². The highest BCUT2D eigenvalue weighted by molar-refractivity contribution is 6.30. The zero-order chi connectivity index (χ0) is 15.5. The Labute approximate surface area is 134 Å². The fourth-order valence-electron chi connectivity index (χ4n) is 2.24. The quantitative estimate of drug-likeness (QED) is 0.696. The molecule has 3 nitrogen and oxygen atoms in total. The first-order valence-corrected chi connectivity index (χ1v) is 7.30. The van der Waals surface area contributed by atoms with Crippen LogP contribution in [0.15, 0.2) is 66.7 Å². The first-order chi connectivity index (χ1) is 10.6. The predicted octanol–water partition coefficient (Wildman–Crippen LogP) is 5.16. The Morgan fingerprint density at radius 3 is 2.36 bits per heavy atom. The number of hydrogen-bond donors (Lipinski definition) is 1. The first kappa shape index (κ1) is 14.4. The molecule has 2 amide bonds. The van der Waals surface area contributed by atoms with E-state index in [2.05, 4.69) is 5.32 Å². The topological polar surface area (TPSA) is 32.3 Å². The molecule has 1 N–H and O–H groups in total. The highest BCUT2D eigenvalue weighted by Crippen LogP contribution is 2.22. The standard InChI is InChI=1S/C18H15ClN2O/c1-21(18(22)20-16-9-7-15(19)8-10-16)17-11-6-13-4-2-3-5-14(13)12-17/h2-12H,1H3,(H,20,22). The molecule has 0 saturated carbocycles. The van der Waals surface area contributed by atoms with E-state index in [0.717, 1.165) is 16.5 Å². The number of halogens is 1. The molecular weight excluding hydrogens is 296 g/mol. The van der Waals surface area contributed by atoms with Gasteiger partial charge in [0.1, 0.15) is 0 Å². The van der Waals surface area contributed by atoms with Crippen LogP contribution in [0, 0.1) is 0 Å². The van der Waals surface area contributed by atoms with E-state index in [1.165, 1.54) is 0 Å². The number of carbonyl (C=O) groups is 1. The molecule has 0 atom stereocenters. The molecule has 110 valence electrons. The van der Waals surface area contributed by atoms with Crippen molar-refractivity contribution in [1.29, 1.82) is 0 Å². The van der Waals surface area contributed by atoms with Crippen molar-refractivity contribution in [2.45, 2.75) is 0 Å². The summed E-state index contributed by atoms with van der Waals surface area (Å²) in [6.45, 7) is 0. The van der Waals surface area contributed by atoms with Crippen LogP contribution in [0.25, 0.3) is 10.8 Å². The van der Waals surface area contributed by atoms with Crippen molar-refractivity contribution in [2.24, 2.45) is 0 Å². The Kier molecular flexibility index (Phi) is 3.98. The minimum absolute atomic E-state index is 0.197. The van der Waals surface area contributed by atoms with Crippen molar-refractivity contribution < 1.29 is 4.79 Å². The number of fused-ring (bicyclic) bond motifs is 1. The molecule has 3 rings (SSSR count). The summed E-state index contributed by atoms with van der Waals surface area (Å²) < 4.78 is 0. The molecule has 0 aliphatic rings. The smallest absolute Gasteiger partial charge is 0.308 e. The van der Waals surface area contributed by atoms with Crippen molar-refractivity contribution in [3.05, 3.63) is 71.8 Å². The van der Waals surface area contributed by atoms with Gasteiger partial charge < -0.3 is 5.32 Å². The number of rotatable bonds is 2. The SMILES string of the molecule is CN(C(=O)Nc1ccc(Cl)cc1)c1ccc2ccccc2c1. The number of hydrogen-bond acceptors (Lipinski definition) is 1. The summed E-state index contributed by atoms with van der Waals surface area (Å²) in [6, 6.07) is 20.8. The lowest BCUT2D eigenvalue weighted by Crippen LogP contribution is -2.31. The molecule has 0 aliphatic heterocycles. The Bertz CT molecular complexity index is 815. The molecule has 3 aromatic rings. The van der Waals surface area contributed by atoms with Gasteiger partial charge >= 0.3 is 6.03 Å². The molecule has 0 aromatic heterocycles. The summed E-state index contributed by atoms with van der Waals surface area (Å²) in [5, 5.41) is 5.74. The van der Waals surface area contributed by atoms with E-state index in [1.54, 1.807) is 36.2 Å². The van der Waals surface area contributed by atoms with Crippen LogP contribution in [0.3, 0.4) is 0 Å². The molecule has 0 radical (unpaired) electrons. The van der Waals surface area contributed by atoms with Crippen molar-refractivity contribution >= 4 is 39.8 Å². The third-order valence-electron chi connectivity index (χ3n) is 3.52. The van der Waals surface area contributed by atoms with Gasteiger partial charge in [-0.2, -0.15) is 0 Å². The summed E-state index contributed by atoms with van der Waals surface area (Å²) in [5.74, 6) is 0. The molecule has 22 heavy (non-hydrogen) atoms. The number of nitrogens with one attached hydrogen (secondary N) is 1. The van der Waals surface area contributed by atoms with Crippen molar-refractivity contribution in [3.63, 3.8) is 0 Å². The first-order valence-electron chi connectivity index (χ1n) is 6.92. The summed E-state index contributed by atoms with van der Waals surface area (Å²) in [5.41, 5.74) is 1.55. The predicted molar refractivity (Wildman–Crippen MR) is 92.8 cm³/mol. The second-order valence-electron chi connectivity index (χ2n) is 5.03. The average Bonchev–Trinajstić information content (AvgIpc) is 2.55. The Balaban J connectivity index is 1.80. The van der Waals surface area contributed by atoms with Gasteiger partial charge in [-0.15, -0.1) is 0 Å². The van der Waals surface area contributed by atoms with E-state index in [4.69, 9.17) is 11.6 Å². The summed E-state index contributed by atoms with van der Waals surface area (Å²) >= 11 is 5.84. The molecule has 4 heteroatoms. The van der Waals surface area contributed by atoms with Gasteiger partial charge in [-0.1, -0.05) is 41.9 Å². The van der Waals surface area contributed by atoms with Crippen LogP contribution in [-0.2, 0) is 0 Å². The third-order valence-corrected chi connectivity index (χ3v) is 3.77. The molecule has 0 aliphatic carbocycles. The van der Waals surface area contributed by atoms with Crippen molar-refractivity contribution in [3.8, 4) is 0 Å². The van der Waals surface area contributed by atoms with Crippen LogP contribution in [-0.4, -0.2) is 13.1 Å². The Morgan fingerprint density at radius 2 is 1.64 bits per heavy atom. The maximum atomic E-state index is 12.3. The van der Waals surface area contributed by atoms with E-state index in [9.17, 15) is 4.79 Å². The van der Waals surface area contributed by atoms with Crippen LogP contribution in [0.5, 0.6) is 0 Å². The molecular formula is C18H15ClN2O. The van der Waals surface area contributed by atoms with Gasteiger partial charge in [0.05, 0.1) is 0 Å². The minimum Gasteiger partial charge on any atom is -0.308 e. The van der Waals surface area contributed by atoms with Crippen LogP contribution < -0.4 is 10.2 Å². The number of nitrogens with zero attached hydrogens (tertiary/aromatic N) is 1. The monoisotopic (exact) mass is 310 g/mol. The fourth-order valence-corrected chi connectivity index (χ4v) is 2.37. The van der Waals surface area contributed by atoms with Crippen LogP contribution >= 0.6 is 11.6 Å². The number of urea groups is 1. The zero-order valence-corrected chi connectivity index (χ0v) is 12.8. The molecule has 0 spiro atoms. The van der Waals surface area contributed by atoms with Crippen molar-refractivity contribution in [1.82, 2.24) is 0 Å². The lowest BCUT2D eigenvalue weighted by molar-refractivity contribution is 0.258. The second kappa shape index (κ2) is 6.08. The van der Waals surface area contributed by atoms with Gasteiger partial charge in [-0.3, -0.25) is 4.90 Å². The number of carbonyl (C=O) groups excluding carboxylic acids is 1. The molecule has 0 fully saturated rings. The second-order valence-corrected chi connectivity index (χ2v) is 5.46. The molecule has 3 aromatic carbocycles. The number of amides is 2. The maximum absolute atomic E-state index is 12.3. The van der Waals surface area contributed by atoms with E-state index < -0.39 is 0 Å². The van der Waals surface area contributed by atoms with Crippen molar-refractivity contribution in [2.75, 3.05) is 17.3 Å². The van der Waals surface area contributed by atoms with Gasteiger partial charge in [0.15, 0.2) is 0 Å². The largest absolute Gasteiger partial charge is 0.326 e. The van der Waals surface area contributed by atoms with E-state index in [1.807, 2.05) is 42.5 Å². The van der Waals surface area contributed by atoms with Gasteiger partial charge in [0.2, 0.25) is 0 Å². The number of anilines is 2. The minimum atomic E-state index is -0.197. The van der Waals surface area contributed by atoms with Gasteiger partial charge in [0.25, 0.3) is 0 Å². The third kappa shape index (κ3) is 3.05. The zero-order valence-electron chi connectivity index (χ0n) is 12.1. The Hall–Kier alpha value is -2.52. The van der Waals surface area contributed by atoms with Gasteiger partial charge in [-0.25, -0.2) is 4.79 Å². The molecule has 0 heterocycles. The fraction of sp³-hybridized carbons (Fsp3) is 0.0556. The maximum Gasteiger partial charge on any atom is 0.326 e. The molecule has 0 bridgehead atoms. The normalized spacial score (nSPS) is 10.5. The van der Waals surface area contributed by atoms with Crippen LogP contribution in [0.2, 0.25) is 5.02 Å². The summed E-state index contributed by atoms with van der Waals surface area (Å²) in [6.07, 6.45) is 0. The lowest BCUT2D eigenvalue weighted by atomic mass is 10.1. The molecule has 0 unspecified atom stereocenters. The van der Waals surface area contributed by atoms with E-state index in [-0.39, 0.29) is 6.03 Å². The highest BCUT2D eigenvalue weighted by Gasteiger charge is 2.11. The Morgan fingerprint density at radius 1 is 0.955 bits per heavy atom. The number of benzene rings is 3. The van der Waals surface area contributed by atoms with Gasteiger partial charge in [-0.05, 0) is 47.2 Å². The van der Waals surface area contributed by atoms with Gasteiger partial charge in [0, 0.05) is 23.4 Å². The summed E-state index contributed by atoms with van der Waals surface area (Å²) in [4.78, 5) is 13.9. The van der Waals surface area contributed by atoms with E-state index in [0.29, 0.717) is 10.7 Å². The molecule has 0 saturated heterocycles.